The summed E-state index contributed by atoms with van der Waals surface area (Å²) in [5.74, 6) is 2.53. The number of carbonyl (C=O) groups excluding carboxylic acids is 1. The van der Waals surface area contributed by atoms with Crippen molar-refractivity contribution in [3.63, 3.8) is 0 Å². The number of benzene rings is 1. The summed E-state index contributed by atoms with van der Waals surface area (Å²) in [5.41, 5.74) is 9.15. The van der Waals surface area contributed by atoms with Crippen molar-refractivity contribution in [2.24, 2.45) is 17.8 Å². The number of pyridine rings is 1. The van der Waals surface area contributed by atoms with Crippen molar-refractivity contribution in [1.29, 1.82) is 0 Å². The van der Waals surface area contributed by atoms with Gasteiger partial charge in [-0.25, -0.2) is 10.4 Å². The molecule has 0 unspecified atom stereocenters. The quantitative estimate of drug-likeness (QED) is 0.449. The molecule has 4 bridgehead atoms. The van der Waals surface area contributed by atoms with Gasteiger partial charge in [0.1, 0.15) is 5.69 Å². The number of para-hydroxylation sites is 1. The van der Waals surface area contributed by atoms with E-state index in [0.29, 0.717) is 5.69 Å². The standard InChI is InChI=1S/C26H35N3O/c1-2-3-4-7-10-27-29-25(30)24-14-22(21-8-5-6-9-23(21)28-24)26-15-18-11-19(16-26)13-20(12-18)17-26/h5-6,8-9,14,18-20,27H,2-4,7,10-13,15-17H2,1H3,(H,29,30). The maximum absolute atomic E-state index is 12.9. The van der Waals surface area contributed by atoms with Gasteiger partial charge in [-0.15, -0.1) is 0 Å². The summed E-state index contributed by atoms with van der Waals surface area (Å²) in [7, 11) is 0. The summed E-state index contributed by atoms with van der Waals surface area (Å²) < 4.78 is 0. The number of amides is 1. The van der Waals surface area contributed by atoms with Crippen LogP contribution in [0, 0.1) is 17.8 Å². The molecule has 2 aromatic rings. The maximum atomic E-state index is 12.9. The van der Waals surface area contributed by atoms with Crippen molar-refractivity contribution in [2.45, 2.75) is 76.5 Å². The average Bonchev–Trinajstić information content (AvgIpc) is 2.74. The van der Waals surface area contributed by atoms with Crippen LogP contribution < -0.4 is 10.9 Å². The first-order valence-electron chi connectivity index (χ1n) is 12.1. The van der Waals surface area contributed by atoms with E-state index in [1.54, 1.807) is 0 Å². The van der Waals surface area contributed by atoms with Gasteiger partial charge < -0.3 is 0 Å². The Kier molecular flexibility index (Phi) is 5.53. The molecule has 0 aliphatic heterocycles. The molecule has 4 nitrogen and oxygen atoms in total. The van der Waals surface area contributed by atoms with Crippen LogP contribution in [-0.4, -0.2) is 17.4 Å². The predicted molar refractivity (Wildman–Crippen MR) is 121 cm³/mol. The fourth-order valence-electron chi connectivity index (χ4n) is 7.02. The van der Waals surface area contributed by atoms with E-state index in [4.69, 9.17) is 4.98 Å². The minimum Gasteiger partial charge on any atom is -0.286 e. The van der Waals surface area contributed by atoms with Crippen molar-refractivity contribution >= 4 is 16.8 Å². The predicted octanol–water partition coefficient (Wildman–Crippen LogP) is 5.52. The third-order valence-electron chi connectivity index (χ3n) is 7.92. The van der Waals surface area contributed by atoms with Gasteiger partial charge in [0.05, 0.1) is 5.52 Å². The second kappa shape index (κ2) is 8.30. The van der Waals surface area contributed by atoms with Crippen LogP contribution in [0.2, 0.25) is 0 Å². The Bertz CT molecular complexity index is 886. The molecule has 0 radical (unpaired) electrons. The van der Waals surface area contributed by atoms with Crippen LogP contribution >= 0.6 is 0 Å². The molecule has 1 aromatic carbocycles. The fourth-order valence-corrected chi connectivity index (χ4v) is 7.02. The second-order valence-electron chi connectivity index (χ2n) is 10.2. The van der Waals surface area contributed by atoms with Gasteiger partial charge in [0.25, 0.3) is 5.91 Å². The van der Waals surface area contributed by atoms with Gasteiger partial charge in [-0.3, -0.25) is 10.2 Å². The second-order valence-corrected chi connectivity index (χ2v) is 10.2. The highest BCUT2D eigenvalue weighted by atomic mass is 16.2. The highest BCUT2D eigenvalue weighted by Gasteiger charge is 2.52. The number of hydrazine groups is 1. The molecule has 160 valence electrons. The van der Waals surface area contributed by atoms with E-state index in [2.05, 4.69) is 42.0 Å². The number of carbonyl (C=O) groups is 1. The van der Waals surface area contributed by atoms with E-state index in [-0.39, 0.29) is 11.3 Å². The Morgan fingerprint density at radius 3 is 2.43 bits per heavy atom. The lowest BCUT2D eigenvalue weighted by molar-refractivity contribution is -0.00454. The highest BCUT2D eigenvalue weighted by molar-refractivity contribution is 5.96. The third-order valence-corrected chi connectivity index (χ3v) is 7.92. The van der Waals surface area contributed by atoms with Crippen LogP contribution in [0.4, 0.5) is 0 Å². The number of unbranched alkanes of at least 4 members (excludes halogenated alkanes) is 3. The van der Waals surface area contributed by atoms with E-state index < -0.39 is 0 Å². The number of rotatable bonds is 8. The summed E-state index contributed by atoms with van der Waals surface area (Å²) in [5, 5.41) is 1.25. The molecule has 1 aromatic heterocycles. The van der Waals surface area contributed by atoms with Crippen LogP contribution in [0.25, 0.3) is 10.9 Å². The van der Waals surface area contributed by atoms with Gasteiger partial charge in [0, 0.05) is 11.9 Å². The molecule has 4 aliphatic rings. The molecular formula is C26H35N3O. The summed E-state index contributed by atoms with van der Waals surface area (Å²) >= 11 is 0. The molecule has 0 saturated heterocycles. The van der Waals surface area contributed by atoms with Crippen molar-refractivity contribution in [3.8, 4) is 0 Å². The molecule has 2 N–H and O–H groups in total. The van der Waals surface area contributed by atoms with Crippen molar-refractivity contribution in [2.75, 3.05) is 6.54 Å². The van der Waals surface area contributed by atoms with Gasteiger partial charge in [0.2, 0.25) is 0 Å². The molecule has 0 spiro atoms. The summed E-state index contributed by atoms with van der Waals surface area (Å²) in [6.07, 6.45) is 12.9. The van der Waals surface area contributed by atoms with E-state index in [1.165, 1.54) is 68.7 Å². The zero-order valence-corrected chi connectivity index (χ0v) is 18.3. The first-order valence-corrected chi connectivity index (χ1v) is 12.1. The minimum absolute atomic E-state index is 0.109. The van der Waals surface area contributed by atoms with Crippen molar-refractivity contribution in [3.05, 3.63) is 41.6 Å². The molecule has 4 heteroatoms. The zero-order chi connectivity index (χ0) is 20.6. The normalized spacial score (nSPS) is 29.4. The van der Waals surface area contributed by atoms with Crippen molar-refractivity contribution < 1.29 is 4.79 Å². The van der Waals surface area contributed by atoms with Gasteiger partial charge in [-0.05, 0) is 85.8 Å². The van der Waals surface area contributed by atoms with Gasteiger partial charge >= 0.3 is 0 Å². The Morgan fingerprint density at radius 2 is 1.73 bits per heavy atom. The van der Waals surface area contributed by atoms with Gasteiger partial charge in [-0.1, -0.05) is 44.4 Å². The topological polar surface area (TPSA) is 54.0 Å². The molecule has 1 amide bonds. The summed E-state index contributed by atoms with van der Waals surface area (Å²) in [4.78, 5) is 17.7. The van der Waals surface area contributed by atoms with Gasteiger partial charge in [0.15, 0.2) is 0 Å². The lowest BCUT2D eigenvalue weighted by atomic mass is 9.48. The number of nitrogens with zero attached hydrogens (tertiary/aromatic N) is 1. The summed E-state index contributed by atoms with van der Waals surface area (Å²) in [6, 6.07) is 10.6. The molecule has 4 aliphatic carbocycles. The maximum Gasteiger partial charge on any atom is 0.283 e. The SMILES string of the molecule is CCCCCCNNC(=O)c1cc(C23CC4CC(CC(C4)C2)C3)c2ccccc2n1. The number of nitrogens with one attached hydrogen (secondary N) is 2. The first-order chi connectivity index (χ1) is 14.7. The van der Waals surface area contributed by atoms with Crippen molar-refractivity contribution in [1.82, 2.24) is 15.8 Å². The monoisotopic (exact) mass is 405 g/mol. The van der Waals surface area contributed by atoms with Crippen LogP contribution in [-0.2, 0) is 5.41 Å². The van der Waals surface area contributed by atoms with Crippen LogP contribution in [0.1, 0.15) is 87.2 Å². The van der Waals surface area contributed by atoms with E-state index in [1.807, 2.05) is 6.07 Å². The Hall–Kier alpha value is -1.94. The molecule has 4 fully saturated rings. The van der Waals surface area contributed by atoms with Crippen LogP contribution in [0.15, 0.2) is 30.3 Å². The molecule has 1 heterocycles. The number of aromatic nitrogens is 1. The van der Waals surface area contributed by atoms with E-state index >= 15 is 0 Å². The molecular weight excluding hydrogens is 370 g/mol. The van der Waals surface area contributed by atoms with Crippen LogP contribution in [0.3, 0.4) is 0 Å². The van der Waals surface area contributed by atoms with Gasteiger partial charge in [-0.2, -0.15) is 0 Å². The largest absolute Gasteiger partial charge is 0.286 e. The smallest absolute Gasteiger partial charge is 0.283 e. The number of fused-ring (bicyclic) bond motifs is 1. The highest BCUT2D eigenvalue weighted by Crippen LogP contribution is 2.61. The molecule has 30 heavy (non-hydrogen) atoms. The molecule has 4 saturated carbocycles. The third kappa shape index (κ3) is 3.75. The summed E-state index contributed by atoms with van der Waals surface area (Å²) in [6.45, 7) is 3.02. The Labute approximate surface area is 180 Å². The Morgan fingerprint density at radius 1 is 1.03 bits per heavy atom. The number of hydrogen-bond donors (Lipinski definition) is 2. The molecule has 0 atom stereocenters. The average molecular weight is 406 g/mol. The molecule has 6 rings (SSSR count). The number of hydrogen-bond acceptors (Lipinski definition) is 3. The van der Waals surface area contributed by atoms with E-state index in [9.17, 15) is 4.79 Å². The zero-order valence-electron chi connectivity index (χ0n) is 18.3. The lowest BCUT2D eigenvalue weighted by Gasteiger charge is -2.57. The minimum atomic E-state index is -0.109. The van der Waals surface area contributed by atoms with E-state index in [0.717, 1.165) is 36.2 Å². The fraction of sp³-hybridized carbons (Fsp3) is 0.615. The first kappa shape index (κ1) is 20.0. The van der Waals surface area contributed by atoms with Crippen LogP contribution in [0.5, 0.6) is 0 Å². The Balaban J connectivity index is 1.41. The lowest BCUT2D eigenvalue weighted by Crippen LogP contribution is -2.48.